The zero-order chi connectivity index (χ0) is 19.6. The smallest absolute Gasteiger partial charge is 0.303 e. The molecule has 0 saturated heterocycles. The second-order valence-electron chi connectivity index (χ2n) is 6.40. The van der Waals surface area contributed by atoms with Gasteiger partial charge in [0.2, 0.25) is 0 Å². The molecule has 1 unspecified atom stereocenters. The first-order chi connectivity index (χ1) is 12.9. The molecule has 1 aromatic heterocycles. The minimum Gasteiger partial charge on any atom is -0.481 e. The Balaban J connectivity index is 1.78. The Morgan fingerprint density at radius 3 is 2.63 bits per heavy atom. The van der Waals surface area contributed by atoms with Gasteiger partial charge in [-0.1, -0.05) is 24.3 Å². The van der Waals surface area contributed by atoms with E-state index in [0.717, 1.165) is 5.56 Å². The summed E-state index contributed by atoms with van der Waals surface area (Å²) in [6, 6.07) is 7.15. The number of fused-ring (bicyclic) bond motifs is 1. The van der Waals surface area contributed by atoms with Gasteiger partial charge in [-0.05, 0) is 12.8 Å². The molecule has 0 amide bonds. The highest BCUT2D eigenvalue weighted by molar-refractivity contribution is 5.95. The molecule has 0 radical (unpaired) electrons. The average Bonchev–Trinajstić information content (AvgIpc) is 2.98. The Hall–Kier alpha value is -3.20. The van der Waals surface area contributed by atoms with Crippen LogP contribution in [0.4, 0.5) is 5.82 Å². The number of aliphatic hydroxyl groups excluding tert-OH is 1. The SMILES string of the molecule is Cn1c(-c2ccc(C(=N)N)cc2)nc2c1N=CN(CCCCC(=O)O)C2O. The normalized spacial score (nSPS) is 15.6. The van der Waals surface area contributed by atoms with Gasteiger partial charge in [0, 0.05) is 31.1 Å². The number of unbranched alkanes of at least 4 members (excludes halogenated alkanes) is 1. The Labute approximate surface area is 156 Å². The monoisotopic (exact) mass is 370 g/mol. The Morgan fingerprint density at radius 2 is 2.00 bits per heavy atom. The maximum Gasteiger partial charge on any atom is 0.303 e. The lowest BCUT2D eigenvalue weighted by molar-refractivity contribution is -0.137. The number of hydrogen-bond acceptors (Lipinski definition) is 6. The summed E-state index contributed by atoms with van der Waals surface area (Å²) >= 11 is 0. The molecule has 142 valence electrons. The maximum atomic E-state index is 10.6. The summed E-state index contributed by atoms with van der Waals surface area (Å²) in [6.07, 6.45) is 1.92. The second-order valence-corrected chi connectivity index (χ2v) is 6.40. The molecule has 3 rings (SSSR count). The summed E-state index contributed by atoms with van der Waals surface area (Å²) in [7, 11) is 1.83. The van der Waals surface area contributed by atoms with E-state index in [4.69, 9.17) is 16.2 Å². The number of carbonyl (C=O) groups is 1. The first kappa shape index (κ1) is 18.6. The lowest BCUT2D eigenvalue weighted by Gasteiger charge is -2.27. The van der Waals surface area contributed by atoms with E-state index in [1.54, 1.807) is 27.9 Å². The molecule has 1 aromatic carbocycles. The van der Waals surface area contributed by atoms with Crippen molar-refractivity contribution in [3.63, 3.8) is 0 Å². The summed E-state index contributed by atoms with van der Waals surface area (Å²) in [5, 5.41) is 26.8. The van der Waals surface area contributed by atoms with Crippen molar-refractivity contribution in [2.45, 2.75) is 25.5 Å². The third-order valence-corrected chi connectivity index (χ3v) is 4.49. The predicted octanol–water partition coefficient (Wildman–Crippen LogP) is 1.59. The standard InChI is InChI=1S/C18H22N6O3/c1-23-16(12-7-5-11(6-8-12)15(19)20)22-14-17(23)21-10-24(18(14)27)9-3-2-4-13(25)26/h5-8,10,18,27H,2-4,9H2,1H3,(H3,19,20)(H,25,26). The number of aliphatic carboxylic acids is 1. The molecule has 0 spiro atoms. The number of carboxylic acids is 1. The highest BCUT2D eigenvalue weighted by atomic mass is 16.4. The number of benzene rings is 1. The van der Waals surface area contributed by atoms with Gasteiger partial charge in [0.05, 0.1) is 6.34 Å². The molecular formula is C18H22N6O3. The number of nitrogens with one attached hydrogen (secondary N) is 1. The lowest BCUT2D eigenvalue weighted by Crippen LogP contribution is -2.31. The number of amidine groups is 1. The zero-order valence-corrected chi connectivity index (χ0v) is 15.0. The number of nitrogens with zero attached hydrogens (tertiary/aromatic N) is 4. The summed E-state index contributed by atoms with van der Waals surface area (Å²) in [6.45, 7) is 0.497. The van der Waals surface area contributed by atoms with Gasteiger partial charge in [0.25, 0.3) is 0 Å². The molecule has 0 aliphatic carbocycles. The molecule has 1 aliphatic heterocycles. The number of rotatable bonds is 7. The molecule has 2 aromatic rings. The number of nitrogens with two attached hydrogens (primary N) is 1. The van der Waals surface area contributed by atoms with Crippen LogP contribution in [0.3, 0.4) is 0 Å². The van der Waals surface area contributed by atoms with E-state index in [0.29, 0.717) is 42.3 Å². The van der Waals surface area contributed by atoms with Crippen LogP contribution in [0.1, 0.15) is 36.7 Å². The van der Waals surface area contributed by atoms with Crippen molar-refractivity contribution in [2.24, 2.45) is 17.8 Å². The molecular weight excluding hydrogens is 348 g/mol. The summed E-state index contributed by atoms with van der Waals surface area (Å²) < 4.78 is 1.81. The van der Waals surface area contributed by atoms with Crippen LogP contribution in [0.25, 0.3) is 11.4 Å². The molecule has 1 aliphatic rings. The molecule has 1 atom stereocenters. The van der Waals surface area contributed by atoms with Crippen LogP contribution in [-0.4, -0.2) is 49.4 Å². The highest BCUT2D eigenvalue weighted by Crippen LogP contribution is 2.34. The first-order valence-electron chi connectivity index (χ1n) is 8.59. The van der Waals surface area contributed by atoms with Gasteiger partial charge in [0.15, 0.2) is 12.0 Å². The van der Waals surface area contributed by atoms with Gasteiger partial charge in [-0.15, -0.1) is 0 Å². The summed E-state index contributed by atoms with van der Waals surface area (Å²) in [4.78, 5) is 21.2. The van der Waals surface area contributed by atoms with E-state index < -0.39 is 12.2 Å². The van der Waals surface area contributed by atoms with Crippen LogP contribution in [0, 0.1) is 5.41 Å². The Morgan fingerprint density at radius 1 is 1.30 bits per heavy atom. The van der Waals surface area contributed by atoms with Crippen molar-refractivity contribution in [3.05, 3.63) is 35.5 Å². The van der Waals surface area contributed by atoms with Crippen LogP contribution in [0.5, 0.6) is 0 Å². The molecule has 9 heteroatoms. The fourth-order valence-electron chi connectivity index (χ4n) is 2.99. The van der Waals surface area contributed by atoms with Crippen LogP contribution in [-0.2, 0) is 11.8 Å². The van der Waals surface area contributed by atoms with Crippen LogP contribution in [0.15, 0.2) is 29.3 Å². The van der Waals surface area contributed by atoms with Gasteiger partial charge >= 0.3 is 5.97 Å². The summed E-state index contributed by atoms with van der Waals surface area (Å²) in [5.74, 6) is 0.406. The number of aliphatic imine (C=N–C) groups is 1. The molecule has 5 N–H and O–H groups in total. The largest absolute Gasteiger partial charge is 0.481 e. The predicted molar refractivity (Wildman–Crippen MR) is 101 cm³/mol. The average molecular weight is 370 g/mol. The number of nitrogen functional groups attached to an aromatic ring is 1. The summed E-state index contributed by atoms with van der Waals surface area (Å²) in [5.41, 5.74) is 7.40. The van der Waals surface area contributed by atoms with Crippen molar-refractivity contribution in [2.75, 3.05) is 6.54 Å². The molecule has 0 bridgehead atoms. The number of carboxylic acid groups (broad SMARTS) is 1. The van der Waals surface area contributed by atoms with Crippen molar-refractivity contribution in [3.8, 4) is 11.4 Å². The maximum absolute atomic E-state index is 10.6. The van der Waals surface area contributed by atoms with E-state index in [-0.39, 0.29) is 12.3 Å². The van der Waals surface area contributed by atoms with Gasteiger partial charge in [-0.3, -0.25) is 10.2 Å². The molecule has 2 heterocycles. The molecule has 0 fully saturated rings. The second kappa shape index (κ2) is 7.58. The van der Waals surface area contributed by atoms with Crippen molar-refractivity contribution in [1.82, 2.24) is 14.5 Å². The quantitative estimate of drug-likeness (QED) is 0.331. The van der Waals surface area contributed by atoms with Gasteiger partial charge in [0.1, 0.15) is 17.4 Å². The highest BCUT2D eigenvalue weighted by Gasteiger charge is 2.28. The third-order valence-electron chi connectivity index (χ3n) is 4.49. The van der Waals surface area contributed by atoms with Crippen LogP contribution >= 0.6 is 0 Å². The van der Waals surface area contributed by atoms with Crippen molar-refractivity contribution in [1.29, 1.82) is 5.41 Å². The van der Waals surface area contributed by atoms with Gasteiger partial charge in [-0.25, -0.2) is 9.98 Å². The van der Waals surface area contributed by atoms with E-state index in [1.165, 1.54) is 0 Å². The number of imidazole rings is 1. The third kappa shape index (κ3) is 3.82. The molecule has 0 saturated carbocycles. The van der Waals surface area contributed by atoms with E-state index in [9.17, 15) is 9.90 Å². The minimum atomic E-state index is -0.932. The minimum absolute atomic E-state index is 0.000697. The number of aromatic nitrogens is 2. The van der Waals surface area contributed by atoms with Crippen molar-refractivity contribution >= 4 is 24.0 Å². The Bertz CT molecular complexity index is 887. The zero-order valence-electron chi connectivity index (χ0n) is 15.0. The van der Waals surface area contributed by atoms with Gasteiger partial charge < -0.3 is 25.4 Å². The molecule has 9 nitrogen and oxygen atoms in total. The number of aliphatic hydroxyl groups is 1. The van der Waals surface area contributed by atoms with Crippen molar-refractivity contribution < 1.29 is 15.0 Å². The van der Waals surface area contributed by atoms with E-state index >= 15 is 0 Å². The fourth-order valence-corrected chi connectivity index (χ4v) is 2.99. The number of hydrogen-bond donors (Lipinski definition) is 4. The topological polar surface area (TPSA) is 141 Å². The Kier molecular flexibility index (Phi) is 5.22. The van der Waals surface area contributed by atoms with Gasteiger partial charge in [-0.2, -0.15) is 0 Å². The fraction of sp³-hybridized carbons (Fsp3) is 0.333. The van der Waals surface area contributed by atoms with E-state index in [1.807, 2.05) is 19.2 Å². The van der Waals surface area contributed by atoms with Crippen LogP contribution in [0.2, 0.25) is 0 Å². The lowest BCUT2D eigenvalue weighted by atomic mass is 10.1. The first-order valence-corrected chi connectivity index (χ1v) is 8.59. The molecule has 27 heavy (non-hydrogen) atoms. The van der Waals surface area contributed by atoms with Crippen LogP contribution < -0.4 is 5.73 Å². The van der Waals surface area contributed by atoms with E-state index in [2.05, 4.69) is 9.98 Å².